The van der Waals surface area contributed by atoms with Gasteiger partial charge in [-0.3, -0.25) is 9.59 Å². The molecule has 0 saturated heterocycles. The lowest BCUT2D eigenvalue weighted by molar-refractivity contribution is -0.145. The van der Waals surface area contributed by atoms with Crippen molar-refractivity contribution in [2.75, 3.05) is 33.2 Å². The minimum atomic E-state index is -1.35. The first-order valence-corrected chi connectivity index (χ1v) is 14.1. The second-order valence-corrected chi connectivity index (χ2v) is 10.1. The number of hydrogen-bond acceptors (Lipinski definition) is 6. The molecule has 0 radical (unpaired) electrons. The Labute approximate surface area is 243 Å². The molecule has 40 heavy (non-hydrogen) atoms. The average molecular weight is 559 g/mol. The quantitative estimate of drug-likeness (QED) is 0.204. The maximum absolute atomic E-state index is 11.9. The maximum Gasteiger partial charge on any atom is 0.254 e. The fraction of sp³-hybridized carbons (Fsp3) is 0.594. The zero-order valence-corrected chi connectivity index (χ0v) is 25.9. The average Bonchev–Trinajstić information content (AvgIpc) is 2.96. The van der Waals surface area contributed by atoms with Crippen LogP contribution in [-0.2, 0) is 16.1 Å². The van der Waals surface area contributed by atoms with E-state index in [-0.39, 0.29) is 11.3 Å². The summed E-state index contributed by atoms with van der Waals surface area (Å²) in [6.07, 6.45) is 5.25. The molecule has 0 bridgehead atoms. The van der Waals surface area contributed by atoms with Gasteiger partial charge in [0.2, 0.25) is 6.41 Å². The first kappa shape index (κ1) is 39.2. The van der Waals surface area contributed by atoms with Crippen molar-refractivity contribution in [2.45, 2.75) is 79.6 Å². The van der Waals surface area contributed by atoms with Crippen molar-refractivity contribution >= 4 is 12.3 Å². The van der Waals surface area contributed by atoms with E-state index < -0.39 is 18.1 Å². The van der Waals surface area contributed by atoms with Crippen molar-refractivity contribution in [1.29, 1.82) is 5.26 Å². The second kappa shape index (κ2) is 22.8. The summed E-state index contributed by atoms with van der Waals surface area (Å²) in [4.78, 5) is 26.1. The monoisotopic (exact) mass is 558 g/mol. The molecule has 0 aliphatic carbocycles. The molecular weight excluding hydrogens is 504 g/mol. The molecule has 0 heterocycles. The third-order valence-corrected chi connectivity index (χ3v) is 7.11. The number of hydrogen-bond donors (Lipinski definition) is 3. The summed E-state index contributed by atoms with van der Waals surface area (Å²) in [7, 11) is 2.10. The zero-order valence-electron chi connectivity index (χ0n) is 25.9. The lowest BCUT2D eigenvalue weighted by Gasteiger charge is -2.33. The van der Waals surface area contributed by atoms with Crippen LogP contribution in [0.3, 0.4) is 0 Å². The molecule has 2 amide bonds. The Hall–Kier alpha value is -2.99. The highest BCUT2D eigenvalue weighted by molar-refractivity contribution is 5.81. The van der Waals surface area contributed by atoms with Crippen LogP contribution in [0.5, 0.6) is 0 Å². The van der Waals surface area contributed by atoms with Crippen LogP contribution in [0.2, 0.25) is 0 Å². The molecule has 8 nitrogen and oxygen atoms in total. The first-order chi connectivity index (χ1) is 18.9. The number of carbonyl (C=O) groups is 2. The number of nitrogens with one attached hydrogen (secondary N) is 1. The Morgan fingerprint density at radius 3 is 2.17 bits per heavy atom. The normalized spacial score (nSPS) is 12.7. The summed E-state index contributed by atoms with van der Waals surface area (Å²) in [5.41, 5.74) is 2.40. The van der Waals surface area contributed by atoms with Crippen molar-refractivity contribution < 1.29 is 19.8 Å². The molecular formula is C32H54N4O4. The molecule has 3 N–H and O–H groups in total. The van der Waals surface area contributed by atoms with E-state index in [1.54, 1.807) is 17.9 Å². The Bertz CT molecular complexity index is 893. The summed E-state index contributed by atoms with van der Waals surface area (Å²) in [5.74, 6) is -0.430. The topological polar surface area (TPSA) is 117 Å². The van der Waals surface area contributed by atoms with Gasteiger partial charge in [0.15, 0.2) is 6.10 Å². The van der Waals surface area contributed by atoms with Gasteiger partial charge in [-0.05, 0) is 77.1 Å². The molecule has 0 aliphatic rings. The molecule has 1 rings (SSSR count). The number of nitriles is 1. The SMILES string of the molecule is C=CC(C)C#N.C=CCN(C)CCC(CC)(CC)CNC=O.CCN(Cc1ccccc1C)C(=O)C(O)C(C)O. The van der Waals surface area contributed by atoms with Gasteiger partial charge in [-0.25, -0.2) is 0 Å². The Morgan fingerprint density at radius 2 is 1.77 bits per heavy atom. The Morgan fingerprint density at radius 1 is 1.18 bits per heavy atom. The summed E-state index contributed by atoms with van der Waals surface area (Å²) in [5, 5.41) is 29.7. The number of allylic oxidation sites excluding steroid dienone is 1. The van der Waals surface area contributed by atoms with E-state index in [2.05, 4.69) is 44.3 Å². The van der Waals surface area contributed by atoms with E-state index in [4.69, 9.17) is 5.26 Å². The van der Waals surface area contributed by atoms with Gasteiger partial charge in [0.25, 0.3) is 5.91 Å². The number of nitrogens with zero attached hydrogens (tertiary/aromatic N) is 3. The molecule has 1 aromatic carbocycles. The van der Waals surface area contributed by atoms with E-state index >= 15 is 0 Å². The fourth-order valence-electron chi connectivity index (χ4n) is 3.72. The van der Waals surface area contributed by atoms with Crippen molar-refractivity contribution in [1.82, 2.24) is 15.1 Å². The second-order valence-electron chi connectivity index (χ2n) is 10.1. The molecule has 1 aromatic rings. The smallest absolute Gasteiger partial charge is 0.254 e. The molecule has 3 atom stereocenters. The maximum atomic E-state index is 11.9. The largest absolute Gasteiger partial charge is 0.390 e. The minimum absolute atomic E-state index is 0.00463. The molecule has 0 saturated carbocycles. The predicted octanol–water partition coefficient (Wildman–Crippen LogP) is 4.46. The Kier molecular flexibility index (Phi) is 22.3. The molecule has 0 fully saturated rings. The number of likely N-dealkylation sites (N-methyl/N-ethyl adjacent to an activating group) is 2. The van der Waals surface area contributed by atoms with Gasteiger partial charge in [-0.2, -0.15) is 5.26 Å². The van der Waals surface area contributed by atoms with E-state index in [1.807, 2.05) is 50.3 Å². The summed E-state index contributed by atoms with van der Waals surface area (Å²) in [6, 6.07) is 9.81. The lowest BCUT2D eigenvalue weighted by atomic mass is 9.79. The van der Waals surface area contributed by atoms with Crippen LogP contribution in [0.15, 0.2) is 49.6 Å². The van der Waals surface area contributed by atoms with Gasteiger partial charge in [0.1, 0.15) is 0 Å². The highest BCUT2D eigenvalue weighted by Crippen LogP contribution is 2.29. The van der Waals surface area contributed by atoms with E-state index in [0.717, 1.165) is 56.4 Å². The third-order valence-electron chi connectivity index (χ3n) is 7.11. The number of benzene rings is 1. The first-order valence-electron chi connectivity index (χ1n) is 14.1. The summed E-state index contributed by atoms with van der Waals surface area (Å²) >= 11 is 0. The number of aliphatic hydroxyl groups is 2. The van der Waals surface area contributed by atoms with Crippen LogP contribution >= 0.6 is 0 Å². The summed E-state index contributed by atoms with van der Waals surface area (Å²) < 4.78 is 0. The molecule has 226 valence electrons. The highest BCUT2D eigenvalue weighted by atomic mass is 16.3. The fourth-order valence-corrected chi connectivity index (χ4v) is 3.72. The Balaban J connectivity index is 0. The molecule has 0 aliphatic heterocycles. The predicted molar refractivity (Wildman–Crippen MR) is 164 cm³/mol. The molecule has 3 unspecified atom stereocenters. The van der Waals surface area contributed by atoms with Crippen LogP contribution in [-0.4, -0.2) is 77.8 Å². The molecule has 0 aromatic heterocycles. The van der Waals surface area contributed by atoms with Crippen molar-refractivity contribution in [3.63, 3.8) is 0 Å². The number of carbonyl (C=O) groups excluding carboxylic acids is 2. The van der Waals surface area contributed by atoms with Gasteiger partial charge in [0, 0.05) is 26.2 Å². The van der Waals surface area contributed by atoms with Gasteiger partial charge in [0.05, 0.1) is 18.1 Å². The number of rotatable bonds is 16. The van der Waals surface area contributed by atoms with Crippen LogP contribution in [0.25, 0.3) is 0 Å². The van der Waals surface area contributed by atoms with E-state index in [0.29, 0.717) is 13.1 Å². The van der Waals surface area contributed by atoms with Crippen molar-refractivity contribution in [3.05, 3.63) is 60.7 Å². The third kappa shape index (κ3) is 16.2. The molecule has 8 heteroatoms. The summed E-state index contributed by atoms with van der Waals surface area (Å²) in [6.45, 7) is 22.3. The number of aryl methyl sites for hydroxylation is 1. The van der Waals surface area contributed by atoms with Crippen LogP contribution in [0.4, 0.5) is 0 Å². The standard InChI is InChI=1S/C14H21NO3.C13H26N2O.C5H7N/c1-4-15(14(18)13(17)11(3)16)9-12-8-6-5-7-10(12)2;1-5-9-15(4)10-8-13(6-2,7-3)11-14-12-16;1-3-5(2)4-6/h5-8,11,13,16-17H,4,9H2,1-3H3;5,12H,1,6-11H2,2-4H3,(H,14,16);3,5H,1H2,2H3. The van der Waals surface area contributed by atoms with Gasteiger partial charge < -0.3 is 25.3 Å². The number of aliphatic hydroxyl groups excluding tert-OH is 2. The van der Waals surface area contributed by atoms with E-state index in [1.165, 1.54) is 6.92 Å². The van der Waals surface area contributed by atoms with Gasteiger partial charge in [-0.15, -0.1) is 13.2 Å². The van der Waals surface area contributed by atoms with Crippen molar-refractivity contribution in [2.24, 2.45) is 11.3 Å². The van der Waals surface area contributed by atoms with Gasteiger partial charge >= 0.3 is 0 Å². The van der Waals surface area contributed by atoms with Crippen LogP contribution in [0, 0.1) is 29.6 Å². The highest BCUT2D eigenvalue weighted by Gasteiger charge is 2.26. The van der Waals surface area contributed by atoms with E-state index in [9.17, 15) is 19.8 Å². The lowest BCUT2D eigenvalue weighted by Crippen LogP contribution is -2.43. The zero-order chi connectivity index (χ0) is 31.1. The van der Waals surface area contributed by atoms with Crippen LogP contribution in [0.1, 0.15) is 65.0 Å². The minimum Gasteiger partial charge on any atom is -0.390 e. The van der Waals surface area contributed by atoms with Gasteiger partial charge in [-0.1, -0.05) is 50.3 Å². The van der Waals surface area contributed by atoms with Crippen LogP contribution < -0.4 is 5.32 Å². The number of amides is 2. The van der Waals surface area contributed by atoms with Crippen molar-refractivity contribution in [3.8, 4) is 6.07 Å². The molecule has 0 spiro atoms.